The molecular formula is C17H37N3. The molecule has 1 rings (SSSR count). The van der Waals surface area contributed by atoms with E-state index in [2.05, 4.69) is 63.6 Å². The number of rotatable bonds is 6. The van der Waals surface area contributed by atoms with Crippen LogP contribution >= 0.6 is 0 Å². The van der Waals surface area contributed by atoms with Crippen molar-refractivity contribution < 1.29 is 0 Å². The third-order valence-electron chi connectivity index (χ3n) is 4.11. The summed E-state index contributed by atoms with van der Waals surface area (Å²) in [7, 11) is 0. The summed E-state index contributed by atoms with van der Waals surface area (Å²) in [5.74, 6) is 1.49. The summed E-state index contributed by atoms with van der Waals surface area (Å²) >= 11 is 0. The molecule has 1 atom stereocenters. The Morgan fingerprint density at radius 2 is 1.50 bits per heavy atom. The maximum atomic E-state index is 3.69. The zero-order valence-electron chi connectivity index (χ0n) is 14.9. The van der Waals surface area contributed by atoms with Gasteiger partial charge in [0.25, 0.3) is 0 Å². The van der Waals surface area contributed by atoms with Crippen LogP contribution in [-0.4, -0.2) is 60.6 Å². The van der Waals surface area contributed by atoms with Gasteiger partial charge in [0.1, 0.15) is 0 Å². The van der Waals surface area contributed by atoms with Crippen molar-refractivity contribution in [2.45, 2.75) is 60.0 Å². The number of nitrogens with one attached hydrogen (secondary N) is 1. The predicted molar refractivity (Wildman–Crippen MR) is 89.2 cm³/mol. The van der Waals surface area contributed by atoms with Crippen molar-refractivity contribution in [3.63, 3.8) is 0 Å². The molecule has 1 aliphatic heterocycles. The quantitative estimate of drug-likeness (QED) is 0.808. The second kappa shape index (κ2) is 7.77. The van der Waals surface area contributed by atoms with E-state index in [4.69, 9.17) is 0 Å². The van der Waals surface area contributed by atoms with Gasteiger partial charge in [-0.25, -0.2) is 0 Å². The number of nitrogens with zero attached hydrogens (tertiary/aromatic N) is 2. The van der Waals surface area contributed by atoms with Crippen LogP contribution in [0.2, 0.25) is 0 Å². The average Bonchev–Trinajstić information content (AvgIpc) is 2.28. The molecule has 3 nitrogen and oxygen atoms in total. The van der Waals surface area contributed by atoms with E-state index in [1.54, 1.807) is 0 Å². The van der Waals surface area contributed by atoms with Crippen LogP contribution in [0.15, 0.2) is 0 Å². The highest BCUT2D eigenvalue weighted by Gasteiger charge is 2.27. The summed E-state index contributed by atoms with van der Waals surface area (Å²) in [4.78, 5) is 5.32. The van der Waals surface area contributed by atoms with Gasteiger partial charge in [-0.15, -0.1) is 0 Å². The van der Waals surface area contributed by atoms with Gasteiger partial charge in [0, 0.05) is 50.8 Å². The summed E-state index contributed by atoms with van der Waals surface area (Å²) < 4.78 is 0. The first kappa shape index (κ1) is 17.9. The van der Waals surface area contributed by atoms with E-state index >= 15 is 0 Å². The number of hydrogen-bond donors (Lipinski definition) is 1. The Kier molecular flexibility index (Phi) is 6.96. The van der Waals surface area contributed by atoms with E-state index in [9.17, 15) is 0 Å². The van der Waals surface area contributed by atoms with Crippen LogP contribution in [0.3, 0.4) is 0 Å². The Labute approximate surface area is 127 Å². The minimum atomic E-state index is 0.215. The SMILES string of the molecule is CC(C)CN1CCN(C(CNC(C)(C)C)C(C)C)CC1. The summed E-state index contributed by atoms with van der Waals surface area (Å²) in [5.41, 5.74) is 0.215. The summed E-state index contributed by atoms with van der Waals surface area (Å²) in [5, 5.41) is 3.69. The molecule has 0 spiro atoms. The first-order valence-corrected chi connectivity index (χ1v) is 8.40. The van der Waals surface area contributed by atoms with Crippen molar-refractivity contribution in [1.29, 1.82) is 0 Å². The van der Waals surface area contributed by atoms with Gasteiger partial charge >= 0.3 is 0 Å². The lowest BCUT2D eigenvalue weighted by atomic mass is 9.99. The van der Waals surface area contributed by atoms with Crippen molar-refractivity contribution in [3.05, 3.63) is 0 Å². The lowest BCUT2D eigenvalue weighted by molar-refractivity contribution is 0.0676. The zero-order chi connectivity index (χ0) is 15.3. The van der Waals surface area contributed by atoms with Crippen LogP contribution < -0.4 is 5.32 Å². The second-order valence-electron chi connectivity index (χ2n) is 8.17. The highest BCUT2D eigenvalue weighted by molar-refractivity contribution is 4.84. The van der Waals surface area contributed by atoms with Crippen molar-refractivity contribution in [2.24, 2.45) is 11.8 Å². The first-order chi connectivity index (χ1) is 9.19. The predicted octanol–water partition coefficient (Wildman–Crippen LogP) is 2.67. The standard InChI is InChI=1S/C17H37N3/c1-14(2)13-19-8-10-20(11-9-19)16(15(3)4)12-18-17(5,6)7/h14-16,18H,8-13H2,1-7H3. The first-order valence-electron chi connectivity index (χ1n) is 8.40. The fourth-order valence-electron chi connectivity index (χ4n) is 2.99. The molecule has 1 fully saturated rings. The van der Waals surface area contributed by atoms with Gasteiger partial charge in [-0.1, -0.05) is 27.7 Å². The maximum Gasteiger partial charge on any atom is 0.0244 e. The Hall–Kier alpha value is -0.120. The Bertz CT molecular complexity index is 260. The molecule has 0 aromatic heterocycles. The molecule has 0 radical (unpaired) electrons. The molecule has 1 heterocycles. The lowest BCUT2D eigenvalue weighted by Gasteiger charge is -2.42. The fourth-order valence-corrected chi connectivity index (χ4v) is 2.99. The summed E-state index contributed by atoms with van der Waals surface area (Å²) in [6.45, 7) is 23.4. The van der Waals surface area contributed by atoms with Gasteiger partial charge in [0.2, 0.25) is 0 Å². The van der Waals surface area contributed by atoms with E-state index < -0.39 is 0 Å². The lowest BCUT2D eigenvalue weighted by Crippen LogP contribution is -2.56. The topological polar surface area (TPSA) is 18.5 Å². The normalized spacial score (nSPS) is 20.9. The number of hydrogen-bond acceptors (Lipinski definition) is 3. The van der Waals surface area contributed by atoms with Crippen molar-refractivity contribution >= 4 is 0 Å². The minimum absolute atomic E-state index is 0.215. The van der Waals surface area contributed by atoms with Gasteiger partial charge in [-0.2, -0.15) is 0 Å². The Morgan fingerprint density at radius 1 is 0.950 bits per heavy atom. The minimum Gasteiger partial charge on any atom is -0.311 e. The number of piperazine rings is 1. The third kappa shape index (κ3) is 6.55. The molecule has 0 amide bonds. The maximum absolute atomic E-state index is 3.69. The molecule has 20 heavy (non-hydrogen) atoms. The zero-order valence-corrected chi connectivity index (χ0v) is 14.9. The highest BCUT2D eigenvalue weighted by Crippen LogP contribution is 2.15. The molecule has 0 bridgehead atoms. The molecule has 1 N–H and O–H groups in total. The molecule has 0 aliphatic carbocycles. The molecule has 120 valence electrons. The summed E-state index contributed by atoms with van der Waals surface area (Å²) in [6, 6.07) is 0.662. The molecule has 1 saturated heterocycles. The molecule has 1 aliphatic rings. The van der Waals surface area contributed by atoms with Gasteiger partial charge in [-0.3, -0.25) is 4.90 Å². The van der Waals surface area contributed by atoms with E-state index in [1.807, 2.05) is 0 Å². The highest BCUT2D eigenvalue weighted by atomic mass is 15.3. The van der Waals surface area contributed by atoms with Crippen molar-refractivity contribution in [1.82, 2.24) is 15.1 Å². The Balaban J connectivity index is 2.45. The van der Waals surface area contributed by atoms with Crippen LogP contribution in [-0.2, 0) is 0 Å². The molecular weight excluding hydrogens is 246 g/mol. The second-order valence-corrected chi connectivity index (χ2v) is 8.17. The van der Waals surface area contributed by atoms with E-state index in [0.717, 1.165) is 12.5 Å². The monoisotopic (exact) mass is 283 g/mol. The van der Waals surface area contributed by atoms with E-state index in [0.29, 0.717) is 12.0 Å². The third-order valence-corrected chi connectivity index (χ3v) is 4.11. The smallest absolute Gasteiger partial charge is 0.0244 e. The van der Waals surface area contributed by atoms with Crippen LogP contribution in [0.5, 0.6) is 0 Å². The largest absolute Gasteiger partial charge is 0.311 e. The van der Waals surface area contributed by atoms with Gasteiger partial charge in [-0.05, 0) is 32.6 Å². The van der Waals surface area contributed by atoms with Crippen LogP contribution in [0.25, 0.3) is 0 Å². The molecule has 0 saturated carbocycles. The van der Waals surface area contributed by atoms with Crippen molar-refractivity contribution in [3.8, 4) is 0 Å². The van der Waals surface area contributed by atoms with Gasteiger partial charge < -0.3 is 10.2 Å². The molecule has 0 aromatic rings. The van der Waals surface area contributed by atoms with Gasteiger partial charge in [0.15, 0.2) is 0 Å². The van der Waals surface area contributed by atoms with Crippen molar-refractivity contribution in [2.75, 3.05) is 39.3 Å². The molecule has 0 aromatic carbocycles. The van der Waals surface area contributed by atoms with Gasteiger partial charge in [0.05, 0.1) is 0 Å². The fraction of sp³-hybridized carbons (Fsp3) is 1.00. The van der Waals surface area contributed by atoms with Crippen LogP contribution in [0, 0.1) is 11.8 Å². The van der Waals surface area contributed by atoms with Crippen LogP contribution in [0.4, 0.5) is 0 Å². The average molecular weight is 284 g/mol. The van der Waals surface area contributed by atoms with E-state index in [1.165, 1.54) is 32.7 Å². The van der Waals surface area contributed by atoms with Crippen LogP contribution in [0.1, 0.15) is 48.5 Å². The molecule has 3 heteroatoms. The molecule has 1 unspecified atom stereocenters. The Morgan fingerprint density at radius 3 is 1.90 bits per heavy atom. The summed E-state index contributed by atoms with van der Waals surface area (Å²) in [6.07, 6.45) is 0. The van der Waals surface area contributed by atoms with E-state index in [-0.39, 0.29) is 5.54 Å².